The number of para-hydroxylation sites is 1. The van der Waals surface area contributed by atoms with Crippen LogP contribution in [0.4, 0.5) is 0 Å². The van der Waals surface area contributed by atoms with Crippen LogP contribution >= 0.6 is 0 Å². The van der Waals surface area contributed by atoms with Gasteiger partial charge in [-0.05, 0) is 30.7 Å². The van der Waals surface area contributed by atoms with Crippen LogP contribution in [0.15, 0.2) is 59.9 Å². The van der Waals surface area contributed by atoms with Crippen LogP contribution in [0.5, 0.6) is 0 Å². The SMILES string of the molecule is CC(NC(=O)CCn1cnc2ccccc2c1=O)c1cccnc1. The second-order valence-corrected chi connectivity index (χ2v) is 5.59. The molecule has 1 aromatic carbocycles. The molecule has 0 spiro atoms. The molecule has 3 aromatic rings. The lowest BCUT2D eigenvalue weighted by molar-refractivity contribution is -0.121. The van der Waals surface area contributed by atoms with Gasteiger partial charge in [0, 0.05) is 25.4 Å². The highest BCUT2D eigenvalue weighted by Gasteiger charge is 2.10. The van der Waals surface area contributed by atoms with Crippen molar-refractivity contribution in [2.75, 3.05) is 0 Å². The number of nitrogens with zero attached hydrogens (tertiary/aromatic N) is 3. The van der Waals surface area contributed by atoms with E-state index in [2.05, 4.69) is 15.3 Å². The molecule has 0 saturated carbocycles. The van der Waals surface area contributed by atoms with Crippen molar-refractivity contribution in [3.63, 3.8) is 0 Å². The van der Waals surface area contributed by atoms with Gasteiger partial charge in [0.15, 0.2) is 0 Å². The fourth-order valence-electron chi connectivity index (χ4n) is 2.52. The monoisotopic (exact) mass is 322 g/mol. The lowest BCUT2D eigenvalue weighted by Crippen LogP contribution is -2.29. The van der Waals surface area contributed by atoms with Gasteiger partial charge in [-0.2, -0.15) is 0 Å². The normalized spacial score (nSPS) is 12.0. The Morgan fingerprint density at radius 3 is 2.88 bits per heavy atom. The van der Waals surface area contributed by atoms with E-state index in [0.717, 1.165) is 5.56 Å². The third-order valence-electron chi connectivity index (χ3n) is 3.87. The van der Waals surface area contributed by atoms with E-state index >= 15 is 0 Å². The summed E-state index contributed by atoms with van der Waals surface area (Å²) in [4.78, 5) is 32.8. The summed E-state index contributed by atoms with van der Waals surface area (Å²) < 4.78 is 1.47. The average molecular weight is 322 g/mol. The molecule has 0 fully saturated rings. The second kappa shape index (κ2) is 7.04. The average Bonchev–Trinajstić information content (AvgIpc) is 2.62. The van der Waals surface area contributed by atoms with E-state index in [1.165, 1.54) is 10.9 Å². The van der Waals surface area contributed by atoms with E-state index < -0.39 is 0 Å². The summed E-state index contributed by atoms with van der Waals surface area (Å²) in [5, 5.41) is 3.47. The van der Waals surface area contributed by atoms with Gasteiger partial charge >= 0.3 is 0 Å². The number of rotatable bonds is 5. The number of aromatic nitrogens is 3. The van der Waals surface area contributed by atoms with Crippen molar-refractivity contribution in [3.05, 3.63) is 71.0 Å². The first-order chi connectivity index (χ1) is 11.6. The molecule has 0 saturated heterocycles. The molecule has 0 aliphatic heterocycles. The Morgan fingerprint density at radius 2 is 2.08 bits per heavy atom. The van der Waals surface area contributed by atoms with Crippen LogP contribution in [0.3, 0.4) is 0 Å². The van der Waals surface area contributed by atoms with Gasteiger partial charge in [0.2, 0.25) is 5.91 Å². The molecule has 24 heavy (non-hydrogen) atoms. The minimum absolute atomic E-state index is 0.119. The molecule has 0 bridgehead atoms. The van der Waals surface area contributed by atoms with Crippen molar-refractivity contribution in [2.24, 2.45) is 0 Å². The number of fused-ring (bicyclic) bond motifs is 1. The van der Waals surface area contributed by atoms with Crippen molar-refractivity contribution < 1.29 is 4.79 Å². The molecule has 6 nitrogen and oxygen atoms in total. The van der Waals surface area contributed by atoms with Gasteiger partial charge in [0.05, 0.1) is 23.3 Å². The largest absolute Gasteiger partial charge is 0.349 e. The van der Waals surface area contributed by atoms with E-state index in [0.29, 0.717) is 17.4 Å². The quantitative estimate of drug-likeness (QED) is 0.780. The Bertz CT molecular complexity index is 906. The van der Waals surface area contributed by atoms with Crippen LogP contribution in [0.25, 0.3) is 10.9 Å². The standard InChI is InChI=1S/C18H18N4O2/c1-13(14-5-4-9-19-11-14)21-17(23)8-10-22-12-20-16-7-3-2-6-15(16)18(22)24/h2-7,9,11-13H,8,10H2,1H3,(H,21,23). The highest BCUT2D eigenvalue weighted by molar-refractivity contribution is 5.77. The Kier molecular flexibility index (Phi) is 4.65. The predicted octanol–water partition coefficient (Wildman–Crippen LogP) is 2.06. The number of amides is 1. The highest BCUT2D eigenvalue weighted by atomic mass is 16.2. The molecule has 1 amide bonds. The Hall–Kier alpha value is -3.02. The van der Waals surface area contributed by atoms with Crippen molar-refractivity contribution in [1.29, 1.82) is 0 Å². The van der Waals surface area contributed by atoms with E-state index in [-0.39, 0.29) is 23.9 Å². The molecule has 6 heteroatoms. The van der Waals surface area contributed by atoms with E-state index in [1.54, 1.807) is 30.6 Å². The summed E-state index contributed by atoms with van der Waals surface area (Å²) in [7, 11) is 0. The first kappa shape index (κ1) is 15.9. The Labute approximate surface area is 139 Å². The van der Waals surface area contributed by atoms with Gasteiger partial charge in [-0.25, -0.2) is 4.98 Å². The number of hydrogen-bond donors (Lipinski definition) is 1. The minimum atomic E-state index is -0.131. The molecule has 1 atom stereocenters. The summed E-state index contributed by atoms with van der Waals surface area (Å²) in [6.07, 6.45) is 5.12. The fraction of sp³-hybridized carbons (Fsp3) is 0.222. The zero-order chi connectivity index (χ0) is 16.9. The van der Waals surface area contributed by atoms with Gasteiger partial charge in [0.25, 0.3) is 5.56 Å². The fourth-order valence-corrected chi connectivity index (χ4v) is 2.52. The third kappa shape index (κ3) is 3.48. The van der Waals surface area contributed by atoms with Gasteiger partial charge in [-0.15, -0.1) is 0 Å². The summed E-state index contributed by atoms with van der Waals surface area (Å²) >= 11 is 0. The molecule has 0 aliphatic rings. The molecule has 2 heterocycles. The highest BCUT2D eigenvalue weighted by Crippen LogP contribution is 2.10. The summed E-state index contributed by atoms with van der Waals surface area (Å²) in [5.41, 5.74) is 1.47. The minimum Gasteiger partial charge on any atom is -0.349 e. The van der Waals surface area contributed by atoms with Crippen LogP contribution < -0.4 is 10.9 Å². The summed E-state index contributed by atoms with van der Waals surface area (Å²) in [6, 6.07) is 10.8. The first-order valence-electron chi connectivity index (χ1n) is 7.78. The lowest BCUT2D eigenvalue weighted by atomic mass is 10.1. The number of carbonyl (C=O) groups is 1. The predicted molar refractivity (Wildman–Crippen MR) is 91.4 cm³/mol. The molecule has 2 aromatic heterocycles. The number of nitrogens with one attached hydrogen (secondary N) is 1. The number of pyridine rings is 1. The van der Waals surface area contributed by atoms with Gasteiger partial charge < -0.3 is 5.32 Å². The smallest absolute Gasteiger partial charge is 0.261 e. The molecule has 3 rings (SSSR count). The Balaban J connectivity index is 1.64. The summed E-state index contributed by atoms with van der Waals surface area (Å²) in [6.45, 7) is 2.20. The van der Waals surface area contributed by atoms with E-state index in [1.807, 2.05) is 25.1 Å². The molecule has 0 radical (unpaired) electrons. The van der Waals surface area contributed by atoms with E-state index in [4.69, 9.17) is 0 Å². The molecule has 122 valence electrons. The number of aryl methyl sites for hydroxylation is 1. The molecular weight excluding hydrogens is 304 g/mol. The molecule has 1 N–H and O–H groups in total. The second-order valence-electron chi connectivity index (χ2n) is 5.59. The number of hydrogen-bond acceptors (Lipinski definition) is 4. The van der Waals surface area contributed by atoms with Crippen LogP contribution in [-0.4, -0.2) is 20.4 Å². The zero-order valence-corrected chi connectivity index (χ0v) is 13.3. The van der Waals surface area contributed by atoms with Gasteiger partial charge in [-0.3, -0.25) is 19.1 Å². The van der Waals surface area contributed by atoms with Gasteiger partial charge in [0.1, 0.15) is 0 Å². The van der Waals surface area contributed by atoms with Crippen LogP contribution in [0.2, 0.25) is 0 Å². The topological polar surface area (TPSA) is 76.9 Å². The van der Waals surface area contributed by atoms with Crippen LogP contribution in [0, 0.1) is 0 Å². The maximum Gasteiger partial charge on any atom is 0.261 e. The molecular formula is C18H18N4O2. The van der Waals surface area contributed by atoms with Crippen LogP contribution in [0.1, 0.15) is 24.9 Å². The Morgan fingerprint density at radius 1 is 1.25 bits per heavy atom. The van der Waals surface area contributed by atoms with Crippen LogP contribution in [-0.2, 0) is 11.3 Å². The van der Waals surface area contributed by atoms with Crippen molar-refractivity contribution in [1.82, 2.24) is 19.9 Å². The number of benzene rings is 1. The zero-order valence-electron chi connectivity index (χ0n) is 13.3. The van der Waals surface area contributed by atoms with E-state index in [9.17, 15) is 9.59 Å². The van der Waals surface area contributed by atoms with Gasteiger partial charge in [-0.1, -0.05) is 18.2 Å². The summed E-state index contributed by atoms with van der Waals surface area (Å²) in [5.74, 6) is -0.119. The third-order valence-corrected chi connectivity index (χ3v) is 3.87. The maximum atomic E-state index is 12.4. The van der Waals surface area contributed by atoms with Crippen molar-refractivity contribution >= 4 is 16.8 Å². The molecule has 1 unspecified atom stereocenters. The first-order valence-corrected chi connectivity index (χ1v) is 7.78. The lowest BCUT2D eigenvalue weighted by Gasteiger charge is -2.14. The maximum absolute atomic E-state index is 12.4. The van der Waals surface area contributed by atoms with Crippen molar-refractivity contribution in [2.45, 2.75) is 25.9 Å². The number of carbonyl (C=O) groups excluding carboxylic acids is 1. The van der Waals surface area contributed by atoms with Crippen molar-refractivity contribution in [3.8, 4) is 0 Å². The molecule has 0 aliphatic carbocycles.